The third-order valence-corrected chi connectivity index (χ3v) is 4.53. The molecule has 8 heteroatoms. The van der Waals surface area contributed by atoms with E-state index in [0.29, 0.717) is 11.7 Å². The number of urea groups is 1. The minimum absolute atomic E-state index is 0.0416. The standard InChI is InChI=1S/C11H14BrN3O3S/c1-6-3-2-4-15(8(6)9(16)17)11(18)14-10-13-5-7(12)19-10/h5-6,8H,2-4H2,1H3,(H,16,17)(H,13,14,18). The van der Waals surface area contributed by atoms with Crippen molar-refractivity contribution in [1.29, 1.82) is 0 Å². The van der Waals surface area contributed by atoms with Crippen LogP contribution in [0.1, 0.15) is 19.8 Å². The molecule has 0 aromatic carbocycles. The number of hydrogen-bond donors (Lipinski definition) is 2. The number of carbonyl (C=O) groups is 2. The zero-order chi connectivity index (χ0) is 14.0. The summed E-state index contributed by atoms with van der Waals surface area (Å²) in [5.41, 5.74) is 0. The van der Waals surface area contributed by atoms with Crippen molar-refractivity contribution in [1.82, 2.24) is 9.88 Å². The van der Waals surface area contributed by atoms with Gasteiger partial charge >= 0.3 is 12.0 Å². The number of amides is 2. The van der Waals surface area contributed by atoms with Crippen molar-refractivity contribution in [2.24, 2.45) is 5.92 Å². The van der Waals surface area contributed by atoms with E-state index < -0.39 is 18.0 Å². The fourth-order valence-corrected chi connectivity index (χ4v) is 3.36. The van der Waals surface area contributed by atoms with Crippen LogP contribution < -0.4 is 5.32 Å². The van der Waals surface area contributed by atoms with Gasteiger partial charge in [-0.25, -0.2) is 14.6 Å². The third-order valence-electron chi connectivity index (χ3n) is 3.14. The molecule has 2 amide bonds. The van der Waals surface area contributed by atoms with Crippen molar-refractivity contribution in [3.63, 3.8) is 0 Å². The highest BCUT2D eigenvalue weighted by Gasteiger charge is 2.37. The summed E-state index contributed by atoms with van der Waals surface area (Å²) in [5.74, 6) is -0.997. The van der Waals surface area contributed by atoms with Gasteiger partial charge in [0.2, 0.25) is 0 Å². The van der Waals surface area contributed by atoms with Gasteiger partial charge in [0, 0.05) is 6.54 Å². The van der Waals surface area contributed by atoms with E-state index in [1.807, 2.05) is 6.92 Å². The minimum Gasteiger partial charge on any atom is -0.480 e. The Morgan fingerprint density at radius 3 is 2.95 bits per heavy atom. The van der Waals surface area contributed by atoms with E-state index in [1.54, 1.807) is 6.20 Å². The second-order valence-electron chi connectivity index (χ2n) is 4.50. The summed E-state index contributed by atoms with van der Waals surface area (Å²) >= 11 is 4.55. The fourth-order valence-electron chi connectivity index (χ4n) is 2.27. The van der Waals surface area contributed by atoms with Crippen LogP contribution in [0.2, 0.25) is 0 Å². The first-order chi connectivity index (χ1) is 8.99. The second-order valence-corrected chi connectivity index (χ2v) is 6.91. The first-order valence-electron chi connectivity index (χ1n) is 5.91. The molecule has 0 aliphatic carbocycles. The van der Waals surface area contributed by atoms with Gasteiger partial charge in [-0.15, -0.1) is 0 Å². The van der Waals surface area contributed by atoms with Gasteiger partial charge in [-0.3, -0.25) is 5.32 Å². The Morgan fingerprint density at radius 1 is 1.63 bits per heavy atom. The average Bonchev–Trinajstić information content (AvgIpc) is 2.73. The number of aliphatic carboxylic acids is 1. The summed E-state index contributed by atoms with van der Waals surface area (Å²) in [7, 11) is 0. The quantitative estimate of drug-likeness (QED) is 0.861. The van der Waals surface area contributed by atoms with Gasteiger partial charge in [0.15, 0.2) is 5.13 Å². The molecule has 1 saturated heterocycles. The van der Waals surface area contributed by atoms with Crippen LogP contribution in [0.3, 0.4) is 0 Å². The van der Waals surface area contributed by atoms with Gasteiger partial charge in [-0.05, 0) is 34.7 Å². The molecule has 1 aliphatic heterocycles. The van der Waals surface area contributed by atoms with Gasteiger partial charge in [0.1, 0.15) is 6.04 Å². The Hall–Kier alpha value is -1.15. The maximum Gasteiger partial charge on any atom is 0.326 e. The van der Waals surface area contributed by atoms with Crippen LogP contribution in [-0.2, 0) is 4.79 Å². The predicted octanol–water partition coefficient (Wildman–Crippen LogP) is 2.62. The van der Waals surface area contributed by atoms with Crippen LogP contribution in [0.25, 0.3) is 0 Å². The van der Waals surface area contributed by atoms with Crippen molar-refractivity contribution in [3.8, 4) is 0 Å². The SMILES string of the molecule is CC1CCCN(C(=O)Nc2ncc(Br)s2)C1C(=O)O. The molecule has 104 valence electrons. The Balaban J connectivity index is 2.09. The number of thiazole rings is 1. The van der Waals surface area contributed by atoms with Crippen molar-refractivity contribution >= 4 is 44.4 Å². The Labute approximate surface area is 122 Å². The van der Waals surface area contributed by atoms with E-state index in [-0.39, 0.29) is 5.92 Å². The summed E-state index contributed by atoms with van der Waals surface area (Å²) < 4.78 is 0.810. The molecule has 0 bridgehead atoms. The molecule has 1 aliphatic rings. The van der Waals surface area contributed by atoms with E-state index in [2.05, 4.69) is 26.2 Å². The number of likely N-dealkylation sites (tertiary alicyclic amines) is 1. The largest absolute Gasteiger partial charge is 0.480 e. The van der Waals surface area contributed by atoms with Gasteiger partial charge in [-0.1, -0.05) is 18.3 Å². The minimum atomic E-state index is -0.956. The highest BCUT2D eigenvalue weighted by molar-refractivity contribution is 9.11. The van der Waals surface area contributed by atoms with Crippen molar-refractivity contribution < 1.29 is 14.7 Å². The number of carboxylic acids is 1. The van der Waals surface area contributed by atoms with Crippen LogP contribution in [0.5, 0.6) is 0 Å². The highest BCUT2D eigenvalue weighted by atomic mass is 79.9. The van der Waals surface area contributed by atoms with Crippen molar-refractivity contribution in [3.05, 3.63) is 9.98 Å². The van der Waals surface area contributed by atoms with Crippen LogP contribution in [0.4, 0.5) is 9.93 Å². The number of anilines is 1. The molecule has 1 aromatic heterocycles. The summed E-state index contributed by atoms with van der Waals surface area (Å²) in [5, 5.41) is 12.4. The van der Waals surface area contributed by atoms with Gasteiger partial charge in [-0.2, -0.15) is 0 Å². The summed E-state index contributed by atoms with van der Waals surface area (Å²) in [4.78, 5) is 28.8. The fraction of sp³-hybridized carbons (Fsp3) is 0.545. The maximum atomic E-state index is 12.1. The molecule has 2 N–H and O–H groups in total. The Kier molecular flexibility index (Phi) is 4.41. The molecule has 2 atom stereocenters. The smallest absolute Gasteiger partial charge is 0.326 e. The number of piperidine rings is 1. The molecule has 2 rings (SSSR count). The Morgan fingerprint density at radius 2 is 2.37 bits per heavy atom. The molecule has 0 saturated carbocycles. The number of carbonyl (C=O) groups excluding carboxylic acids is 1. The lowest BCUT2D eigenvalue weighted by atomic mass is 9.91. The number of nitrogens with one attached hydrogen (secondary N) is 1. The number of aromatic nitrogens is 1. The Bertz CT molecular complexity index is 493. The number of halogens is 1. The monoisotopic (exact) mass is 347 g/mol. The lowest BCUT2D eigenvalue weighted by molar-refractivity contribution is -0.145. The number of rotatable bonds is 2. The van der Waals surface area contributed by atoms with Crippen molar-refractivity contribution in [2.45, 2.75) is 25.8 Å². The molecule has 0 spiro atoms. The van der Waals surface area contributed by atoms with Gasteiger partial charge < -0.3 is 10.0 Å². The van der Waals surface area contributed by atoms with Crippen molar-refractivity contribution in [2.75, 3.05) is 11.9 Å². The van der Waals surface area contributed by atoms with E-state index >= 15 is 0 Å². The maximum absolute atomic E-state index is 12.1. The topological polar surface area (TPSA) is 82.5 Å². The summed E-state index contributed by atoms with van der Waals surface area (Å²) in [6.45, 7) is 2.32. The number of nitrogens with zero attached hydrogens (tertiary/aromatic N) is 2. The van der Waals surface area contributed by atoms with Crippen LogP contribution in [-0.4, -0.2) is 39.6 Å². The molecule has 1 aromatic rings. The molecule has 1 fully saturated rings. The average molecular weight is 348 g/mol. The van der Waals surface area contributed by atoms with Crippen LogP contribution in [0, 0.1) is 5.92 Å². The van der Waals surface area contributed by atoms with E-state index in [9.17, 15) is 14.7 Å². The molecule has 19 heavy (non-hydrogen) atoms. The molecular weight excluding hydrogens is 334 g/mol. The lowest BCUT2D eigenvalue weighted by Gasteiger charge is -2.36. The normalized spacial score (nSPS) is 23.2. The molecule has 0 radical (unpaired) electrons. The summed E-state index contributed by atoms with van der Waals surface area (Å²) in [6, 6.07) is -1.17. The first-order valence-corrected chi connectivity index (χ1v) is 7.51. The van der Waals surface area contributed by atoms with Gasteiger partial charge in [0.05, 0.1) is 9.98 Å². The van der Waals surface area contributed by atoms with E-state index in [0.717, 1.165) is 16.6 Å². The molecule has 6 nitrogen and oxygen atoms in total. The lowest BCUT2D eigenvalue weighted by Crippen LogP contribution is -2.53. The molecule has 2 unspecified atom stereocenters. The molecular formula is C11H14BrN3O3S. The second kappa shape index (κ2) is 5.87. The predicted molar refractivity (Wildman–Crippen MR) is 75.4 cm³/mol. The summed E-state index contributed by atoms with van der Waals surface area (Å²) in [6.07, 6.45) is 3.23. The van der Waals surface area contributed by atoms with Crippen LogP contribution in [0.15, 0.2) is 9.98 Å². The first kappa shape index (κ1) is 14.3. The van der Waals surface area contributed by atoms with Gasteiger partial charge in [0.25, 0.3) is 0 Å². The van der Waals surface area contributed by atoms with E-state index in [4.69, 9.17) is 0 Å². The van der Waals surface area contributed by atoms with Crippen LogP contribution >= 0.6 is 27.3 Å². The number of carboxylic acid groups (broad SMARTS) is 1. The zero-order valence-electron chi connectivity index (χ0n) is 10.3. The highest BCUT2D eigenvalue weighted by Crippen LogP contribution is 2.26. The van der Waals surface area contributed by atoms with E-state index in [1.165, 1.54) is 16.2 Å². The molecule has 2 heterocycles. The number of hydrogen-bond acceptors (Lipinski definition) is 4. The zero-order valence-corrected chi connectivity index (χ0v) is 12.7. The third kappa shape index (κ3) is 3.24.